The molecule has 0 saturated heterocycles. The van der Waals surface area contributed by atoms with Crippen molar-refractivity contribution in [2.75, 3.05) is 0 Å². The van der Waals surface area contributed by atoms with Gasteiger partial charge >= 0.3 is 0 Å². The molecule has 0 radical (unpaired) electrons. The Morgan fingerprint density at radius 3 is 2.36 bits per heavy atom. The molecule has 0 aliphatic heterocycles. The summed E-state index contributed by atoms with van der Waals surface area (Å²) in [5.41, 5.74) is 10.00. The summed E-state index contributed by atoms with van der Waals surface area (Å²) in [4.78, 5) is 12.3. The van der Waals surface area contributed by atoms with Crippen LogP contribution in [-0.2, 0) is 13.0 Å². The van der Waals surface area contributed by atoms with Crippen LogP contribution in [0.1, 0.15) is 40.7 Å². The average molecular weight is 403 g/mol. The normalized spacial score (nSPS) is 11.0. The Labute approximate surface area is 167 Å². The van der Waals surface area contributed by atoms with Gasteiger partial charge in [-0.05, 0) is 48.7 Å². The molecule has 0 aliphatic carbocycles. The van der Waals surface area contributed by atoms with E-state index in [4.69, 9.17) is 17.3 Å². The lowest BCUT2D eigenvalue weighted by atomic mass is 9.98. The van der Waals surface area contributed by atoms with Crippen LogP contribution in [0, 0.1) is 18.6 Å². The number of rotatable bonds is 6. The van der Waals surface area contributed by atoms with Gasteiger partial charge in [0.2, 0.25) is 0 Å². The summed E-state index contributed by atoms with van der Waals surface area (Å²) in [5.74, 6) is -2.31. The third kappa shape index (κ3) is 3.80. The van der Waals surface area contributed by atoms with Gasteiger partial charge in [-0.15, -0.1) is 0 Å². The number of carbonyl (C=O) groups is 1. The summed E-state index contributed by atoms with van der Waals surface area (Å²) >= 11 is 6.01. The van der Waals surface area contributed by atoms with Gasteiger partial charge in [-0.2, -0.15) is 0 Å². The first-order chi connectivity index (χ1) is 13.3. The van der Waals surface area contributed by atoms with Gasteiger partial charge in [0.25, 0.3) is 5.91 Å². The number of nitrogens with zero attached hydrogens (tertiary/aromatic N) is 1. The van der Waals surface area contributed by atoms with E-state index >= 15 is 0 Å². The van der Waals surface area contributed by atoms with Gasteiger partial charge in [0, 0.05) is 28.5 Å². The van der Waals surface area contributed by atoms with Crippen LogP contribution in [0.25, 0.3) is 11.1 Å². The van der Waals surface area contributed by atoms with Crippen LogP contribution >= 0.6 is 11.6 Å². The first-order valence-corrected chi connectivity index (χ1v) is 9.42. The smallest absolute Gasteiger partial charge is 0.251 e. The fourth-order valence-corrected chi connectivity index (χ4v) is 3.68. The Morgan fingerprint density at radius 2 is 1.79 bits per heavy atom. The molecule has 2 aromatic carbocycles. The third-order valence-electron chi connectivity index (χ3n) is 4.82. The zero-order valence-electron chi connectivity index (χ0n) is 15.7. The van der Waals surface area contributed by atoms with Crippen molar-refractivity contribution in [2.45, 2.75) is 33.2 Å². The van der Waals surface area contributed by atoms with Crippen LogP contribution in [0.4, 0.5) is 8.78 Å². The van der Waals surface area contributed by atoms with Crippen LogP contribution in [0.5, 0.6) is 0 Å². The van der Waals surface area contributed by atoms with E-state index in [9.17, 15) is 13.6 Å². The third-order valence-corrected chi connectivity index (χ3v) is 5.07. The van der Waals surface area contributed by atoms with E-state index in [0.29, 0.717) is 34.8 Å². The van der Waals surface area contributed by atoms with E-state index in [0.717, 1.165) is 29.3 Å². The summed E-state index contributed by atoms with van der Waals surface area (Å²) in [5, 5.41) is 0.597. The second-order valence-electron chi connectivity index (χ2n) is 6.74. The van der Waals surface area contributed by atoms with Gasteiger partial charge < -0.3 is 10.3 Å². The lowest BCUT2D eigenvalue weighted by Crippen LogP contribution is -2.13. The molecule has 6 heteroatoms. The van der Waals surface area contributed by atoms with Crippen LogP contribution in [0.2, 0.25) is 5.02 Å². The van der Waals surface area contributed by atoms with Gasteiger partial charge in [0.15, 0.2) is 11.6 Å². The predicted octanol–water partition coefficient (Wildman–Crippen LogP) is 5.49. The fourth-order valence-electron chi connectivity index (χ4n) is 3.56. The number of aromatic nitrogens is 1. The Hall–Kier alpha value is -2.66. The summed E-state index contributed by atoms with van der Waals surface area (Å²) in [7, 11) is 0. The highest BCUT2D eigenvalue weighted by atomic mass is 35.5. The maximum Gasteiger partial charge on any atom is 0.251 e. The minimum Gasteiger partial charge on any atom is -0.366 e. The van der Waals surface area contributed by atoms with Gasteiger partial charge in [-0.25, -0.2) is 8.78 Å². The summed E-state index contributed by atoms with van der Waals surface area (Å²) < 4.78 is 28.9. The van der Waals surface area contributed by atoms with E-state index in [1.807, 2.05) is 30.5 Å². The van der Waals surface area contributed by atoms with Crippen LogP contribution in [0.3, 0.4) is 0 Å². The number of primary amides is 1. The van der Waals surface area contributed by atoms with Crippen molar-refractivity contribution in [1.29, 1.82) is 0 Å². The second-order valence-corrected chi connectivity index (χ2v) is 7.17. The molecular weight excluding hydrogens is 382 g/mol. The zero-order chi connectivity index (χ0) is 20.4. The maximum absolute atomic E-state index is 13.7. The molecule has 1 aromatic heterocycles. The van der Waals surface area contributed by atoms with Gasteiger partial charge in [-0.3, -0.25) is 4.79 Å². The molecule has 28 heavy (non-hydrogen) atoms. The molecule has 0 atom stereocenters. The van der Waals surface area contributed by atoms with Crippen molar-refractivity contribution in [3.63, 3.8) is 0 Å². The van der Waals surface area contributed by atoms with E-state index in [1.54, 1.807) is 18.2 Å². The van der Waals surface area contributed by atoms with E-state index in [2.05, 4.69) is 0 Å². The molecule has 0 bridgehead atoms. The number of halogens is 3. The lowest BCUT2D eigenvalue weighted by molar-refractivity contribution is 0.1000. The highest BCUT2D eigenvalue weighted by molar-refractivity contribution is 6.30. The van der Waals surface area contributed by atoms with Gasteiger partial charge in [0.1, 0.15) is 0 Å². The van der Waals surface area contributed by atoms with Crippen molar-refractivity contribution >= 4 is 17.5 Å². The fraction of sp³-hybridized carbons (Fsp3) is 0.227. The average Bonchev–Trinajstić information content (AvgIpc) is 2.92. The molecule has 3 aromatic rings. The van der Waals surface area contributed by atoms with E-state index < -0.39 is 17.5 Å². The quantitative estimate of drug-likeness (QED) is 0.581. The molecule has 3 rings (SSSR count). The van der Waals surface area contributed by atoms with Gasteiger partial charge in [0.05, 0.1) is 5.56 Å². The highest BCUT2D eigenvalue weighted by Crippen LogP contribution is 2.35. The molecule has 2 N–H and O–H groups in total. The summed E-state index contributed by atoms with van der Waals surface area (Å²) in [6.45, 7) is 4.17. The van der Waals surface area contributed by atoms with Crippen molar-refractivity contribution in [1.82, 2.24) is 4.57 Å². The Bertz CT molecular complexity index is 1030. The van der Waals surface area contributed by atoms with Crippen molar-refractivity contribution in [3.05, 3.63) is 81.6 Å². The van der Waals surface area contributed by atoms with Crippen molar-refractivity contribution < 1.29 is 13.6 Å². The van der Waals surface area contributed by atoms with Crippen LogP contribution in [-0.4, -0.2) is 10.5 Å². The number of carbonyl (C=O) groups excluding carboxylic acids is 1. The predicted molar refractivity (Wildman–Crippen MR) is 108 cm³/mol. The van der Waals surface area contributed by atoms with E-state index in [1.165, 1.54) is 6.07 Å². The standard InChI is InChI=1S/C22H21ClF2N2O/c1-3-4-19-21(15-6-8-16(23)9-7-15)20(22(26)28)13(2)27(19)12-14-5-10-17(24)18(25)11-14/h5-11H,3-4,12H2,1-2H3,(H2,26,28). The largest absolute Gasteiger partial charge is 0.366 e. The molecule has 0 fully saturated rings. The van der Waals surface area contributed by atoms with Gasteiger partial charge in [-0.1, -0.05) is 43.1 Å². The Balaban J connectivity index is 2.21. The topological polar surface area (TPSA) is 48.0 Å². The zero-order valence-corrected chi connectivity index (χ0v) is 16.5. The highest BCUT2D eigenvalue weighted by Gasteiger charge is 2.24. The summed E-state index contributed by atoms with van der Waals surface area (Å²) in [6.07, 6.45) is 1.55. The monoisotopic (exact) mass is 402 g/mol. The number of benzene rings is 2. The lowest BCUT2D eigenvalue weighted by Gasteiger charge is -2.13. The minimum atomic E-state index is -0.896. The summed E-state index contributed by atoms with van der Waals surface area (Å²) in [6, 6.07) is 11.1. The van der Waals surface area contributed by atoms with Crippen molar-refractivity contribution in [3.8, 4) is 11.1 Å². The van der Waals surface area contributed by atoms with Crippen LogP contribution < -0.4 is 5.73 Å². The molecular formula is C22H21ClF2N2O. The Morgan fingerprint density at radius 1 is 1.11 bits per heavy atom. The first-order valence-electron chi connectivity index (χ1n) is 9.05. The van der Waals surface area contributed by atoms with Crippen molar-refractivity contribution in [2.24, 2.45) is 5.73 Å². The maximum atomic E-state index is 13.7. The number of nitrogens with two attached hydrogens (primary N) is 1. The van der Waals surface area contributed by atoms with E-state index in [-0.39, 0.29) is 0 Å². The molecule has 146 valence electrons. The molecule has 3 nitrogen and oxygen atoms in total. The Kier molecular flexibility index (Phi) is 5.84. The molecule has 0 unspecified atom stereocenters. The first kappa shape index (κ1) is 20.1. The SMILES string of the molecule is CCCc1c(-c2ccc(Cl)cc2)c(C(N)=O)c(C)n1Cc1ccc(F)c(F)c1. The second kappa shape index (κ2) is 8.15. The molecule has 0 spiro atoms. The number of hydrogen-bond acceptors (Lipinski definition) is 1. The molecule has 1 heterocycles. The number of hydrogen-bond donors (Lipinski definition) is 1. The van der Waals surface area contributed by atoms with Crippen LogP contribution in [0.15, 0.2) is 42.5 Å². The minimum absolute atomic E-state index is 0.312. The number of amides is 1. The molecule has 1 amide bonds. The molecule has 0 aliphatic rings. The molecule has 0 saturated carbocycles.